The van der Waals surface area contributed by atoms with Crippen LogP contribution in [-0.2, 0) is 0 Å². The molecule has 0 fully saturated rings. The summed E-state index contributed by atoms with van der Waals surface area (Å²) in [6.07, 6.45) is 14.1. The van der Waals surface area contributed by atoms with E-state index >= 15 is 0 Å². The van der Waals surface area contributed by atoms with E-state index in [0.29, 0.717) is 0 Å². The number of hydrogen-bond donors (Lipinski definition) is 0. The average molecular weight is 186 g/mol. The molecular formula is C14H18. The van der Waals surface area contributed by atoms with E-state index < -0.39 is 0 Å². The third kappa shape index (κ3) is 1.89. The minimum Gasteiger partial charge on any atom is -0.0839 e. The van der Waals surface area contributed by atoms with Crippen molar-refractivity contribution in [1.29, 1.82) is 0 Å². The third-order valence-corrected chi connectivity index (χ3v) is 3.15. The van der Waals surface area contributed by atoms with Gasteiger partial charge in [0.2, 0.25) is 0 Å². The molecule has 0 spiro atoms. The molecule has 0 unspecified atom stereocenters. The highest BCUT2D eigenvalue weighted by Crippen LogP contribution is 2.31. The Bertz CT molecular complexity index is 348. The number of hydrogen-bond acceptors (Lipinski definition) is 0. The van der Waals surface area contributed by atoms with Crippen LogP contribution in [-0.4, -0.2) is 0 Å². The highest BCUT2D eigenvalue weighted by atomic mass is 14.2. The molecule has 14 heavy (non-hydrogen) atoms. The van der Waals surface area contributed by atoms with Crippen LogP contribution in [0.25, 0.3) is 0 Å². The van der Waals surface area contributed by atoms with Gasteiger partial charge in [0.25, 0.3) is 0 Å². The first kappa shape index (κ1) is 9.51. The van der Waals surface area contributed by atoms with Gasteiger partial charge in [-0.25, -0.2) is 0 Å². The largest absolute Gasteiger partial charge is 0.0839 e. The van der Waals surface area contributed by atoms with Crippen LogP contribution >= 0.6 is 0 Å². The number of allylic oxidation sites excluding steroid dienone is 8. The maximum absolute atomic E-state index is 2.32. The van der Waals surface area contributed by atoms with Crippen molar-refractivity contribution in [1.82, 2.24) is 0 Å². The van der Waals surface area contributed by atoms with Gasteiger partial charge in [-0.1, -0.05) is 29.9 Å². The van der Waals surface area contributed by atoms with E-state index in [0.717, 1.165) is 0 Å². The molecule has 2 aliphatic carbocycles. The van der Waals surface area contributed by atoms with E-state index in [1.54, 1.807) is 11.1 Å². The van der Waals surface area contributed by atoms with E-state index in [9.17, 15) is 0 Å². The molecule has 0 saturated heterocycles. The fourth-order valence-corrected chi connectivity index (χ4v) is 2.19. The summed E-state index contributed by atoms with van der Waals surface area (Å²) < 4.78 is 0. The smallest absolute Gasteiger partial charge is 0.0239 e. The molecule has 0 radical (unpaired) electrons. The molecule has 0 amide bonds. The van der Waals surface area contributed by atoms with E-state index in [1.165, 1.54) is 36.8 Å². The summed E-state index contributed by atoms with van der Waals surface area (Å²) in [5, 5.41) is 0. The molecule has 0 aliphatic heterocycles. The van der Waals surface area contributed by atoms with Crippen molar-refractivity contribution in [2.45, 2.75) is 39.5 Å². The lowest BCUT2D eigenvalue weighted by Crippen LogP contribution is -1.99. The fraction of sp³-hybridized carbons (Fsp3) is 0.429. The normalized spacial score (nSPS) is 22.1. The molecule has 0 heterocycles. The highest BCUT2D eigenvalue weighted by molar-refractivity contribution is 5.44. The van der Waals surface area contributed by atoms with Crippen LogP contribution in [0.2, 0.25) is 0 Å². The molecule has 2 aliphatic rings. The van der Waals surface area contributed by atoms with E-state index in [4.69, 9.17) is 0 Å². The molecule has 0 nitrogen and oxygen atoms in total. The summed E-state index contributed by atoms with van der Waals surface area (Å²) in [5.74, 6) is 0. The number of rotatable bonds is 1. The van der Waals surface area contributed by atoms with Crippen LogP contribution in [0.4, 0.5) is 0 Å². The van der Waals surface area contributed by atoms with Crippen LogP contribution in [0.15, 0.2) is 46.6 Å². The minimum atomic E-state index is 1.21. The van der Waals surface area contributed by atoms with Crippen molar-refractivity contribution in [3.63, 3.8) is 0 Å². The molecule has 74 valence electrons. The van der Waals surface area contributed by atoms with Crippen molar-refractivity contribution in [2.75, 3.05) is 0 Å². The summed E-state index contributed by atoms with van der Waals surface area (Å²) in [5.41, 5.74) is 6.14. The standard InChI is InChI=1S/C14H18/c1-11-7-9-13(10-8-11)14-6-4-3-5-12(14)2/h3,5,7,9H,4,6,8,10H2,1-2H3. The van der Waals surface area contributed by atoms with Crippen LogP contribution < -0.4 is 0 Å². The minimum absolute atomic E-state index is 1.21. The van der Waals surface area contributed by atoms with Crippen LogP contribution in [0, 0.1) is 0 Å². The van der Waals surface area contributed by atoms with Crippen molar-refractivity contribution in [3.8, 4) is 0 Å². The van der Waals surface area contributed by atoms with Gasteiger partial charge in [0.15, 0.2) is 0 Å². The van der Waals surface area contributed by atoms with Gasteiger partial charge < -0.3 is 0 Å². The summed E-state index contributed by atoms with van der Waals surface area (Å²) in [6.45, 7) is 4.45. The molecular weight excluding hydrogens is 168 g/mol. The van der Waals surface area contributed by atoms with Gasteiger partial charge in [0.05, 0.1) is 0 Å². The second-order valence-electron chi connectivity index (χ2n) is 4.31. The van der Waals surface area contributed by atoms with Crippen LogP contribution in [0.5, 0.6) is 0 Å². The first-order chi connectivity index (χ1) is 6.77. The molecule has 0 aromatic rings. The summed E-state index contributed by atoms with van der Waals surface area (Å²) in [4.78, 5) is 0. The Hall–Kier alpha value is -1.04. The SMILES string of the molecule is CC1=CC=C(C2=C(C)C=CCC2)CC1. The molecule has 0 saturated carbocycles. The lowest BCUT2D eigenvalue weighted by Gasteiger charge is -2.19. The van der Waals surface area contributed by atoms with E-state index in [1.807, 2.05) is 0 Å². The van der Waals surface area contributed by atoms with E-state index in [-0.39, 0.29) is 0 Å². The van der Waals surface area contributed by atoms with Gasteiger partial charge in [-0.3, -0.25) is 0 Å². The monoisotopic (exact) mass is 186 g/mol. The Balaban J connectivity index is 2.27. The van der Waals surface area contributed by atoms with Crippen molar-refractivity contribution in [3.05, 3.63) is 46.6 Å². The first-order valence-electron chi connectivity index (χ1n) is 5.50. The molecule has 0 atom stereocenters. The summed E-state index contributed by atoms with van der Waals surface area (Å²) >= 11 is 0. The van der Waals surface area contributed by atoms with Gasteiger partial charge in [-0.15, -0.1) is 0 Å². The third-order valence-electron chi connectivity index (χ3n) is 3.15. The molecule has 0 aromatic heterocycles. The lowest BCUT2D eigenvalue weighted by atomic mass is 9.86. The van der Waals surface area contributed by atoms with Gasteiger partial charge >= 0.3 is 0 Å². The zero-order valence-electron chi connectivity index (χ0n) is 9.14. The highest BCUT2D eigenvalue weighted by Gasteiger charge is 2.11. The van der Waals surface area contributed by atoms with E-state index in [2.05, 4.69) is 38.2 Å². The van der Waals surface area contributed by atoms with Gasteiger partial charge in [-0.2, -0.15) is 0 Å². The topological polar surface area (TPSA) is 0 Å². The second-order valence-corrected chi connectivity index (χ2v) is 4.31. The summed E-state index contributed by atoms with van der Waals surface area (Å²) in [6, 6.07) is 0. The summed E-state index contributed by atoms with van der Waals surface area (Å²) in [7, 11) is 0. The van der Waals surface area contributed by atoms with Gasteiger partial charge in [0, 0.05) is 0 Å². The molecule has 0 aromatic carbocycles. The predicted octanol–water partition coefficient (Wildman–Crippen LogP) is 4.32. The Labute approximate surface area is 86.7 Å². The van der Waals surface area contributed by atoms with Gasteiger partial charge in [0.1, 0.15) is 0 Å². The maximum Gasteiger partial charge on any atom is -0.0239 e. The Morgan fingerprint density at radius 3 is 2.50 bits per heavy atom. The predicted molar refractivity (Wildman–Crippen MR) is 62.1 cm³/mol. The van der Waals surface area contributed by atoms with Crippen LogP contribution in [0.3, 0.4) is 0 Å². The Morgan fingerprint density at radius 1 is 1.00 bits per heavy atom. The lowest BCUT2D eigenvalue weighted by molar-refractivity contribution is 0.860. The zero-order chi connectivity index (χ0) is 9.97. The zero-order valence-corrected chi connectivity index (χ0v) is 9.14. The molecule has 0 bridgehead atoms. The second kappa shape index (κ2) is 4.00. The molecule has 0 N–H and O–H groups in total. The first-order valence-corrected chi connectivity index (χ1v) is 5.50. The average Bonchev–Trinajstić information content (AvgIpc) is 2.20. The molecule has 0 heteroatoms. The van der Waals surface area contributed by atoms with Crippen molar-refractivity contribution >= 4 is 0 Å². The fourth-order valence-electron chi connectivity index (χ4n) is 2.19. The molecule has 2 rings (SSSR count). The van der Waals surface area contributed by atoms with Crippen LogP contribution in [0.1, 0.15) is 39.5 Å². The quantitative estimate of drug-likeness (QED) is 0.572. The van der Waals surface area contributed by atoms with Crippen molar-refractivity contribution < 1.29 is 0 Å². The Kier molecular flexibility index (Phi) is 2.72. The van der Waals surface area contributed by atoms with Gasteiger partial charge in [-0.05, 0) is 56.3 Å². The van der Waals surface area contributed by atoms with Crippen molar-refractivity contribution in [2.24, 2.45) is 0 Å². The Morgan fingerprint density at radius 2 is 1.86 bits per heavy atom. The maximum atomic E-state index is 2.32.